The Bertz CT molecular complexity index is 1160. The molecule has 8 nitrogen and oxygen atoms in total. The van der Waals surface area contributed by atoms with Crippen molar-refractivity contribution in [3.05, 3.63) is 59.3 Å². The van der Waals surface area contributed by atoms with Crippen molar-refractivity contribution in [3.63, 3.8) is 0 Å². The van der Waals surface area contributed by atoms with Crippen molar-refractivity contribution in [2.45, 2.75) is 122 Å². The van der Waals surface area contributed by atoms with Gasteiger partial charge in [-0.05, 0) is 97.8 Å². The number of benzene rings is 1. The summed E-state index contributed by atoms with van der Waals surface area (Å²) in [6, 6.07) is 12.8. The van der Waals surface area contributed by atoms with Gasteiger partial charge in [-0.25, -0.2) is 14.6 Å². The van der Waals surface area contributed by atoms with Gasteiger partial charge in [-0.2, -0.15) is 0 Å². The van der Waals surface area contributed by atoms with Crippen LogP contribution in [0.25, 0.3) is 0 Å². The normalized spacial score (nSPS) is 22.7. The molecule has 1 aromatic heterocycles. The SMILES string of the molecule is Cc1cccc(CNc2ccc([C@@H]3C[C@H]3N(C(=O)OC(C)(C)C)C3CCC(NC(=O)OC(C)(C)C)CC3)cn2)c1. The summed E-state index contributed by atoms with van der Waals surface area (Å²) in [5.74, 6) is 1.07. The van der Waals surface area contributed by atoms with Crippen molar-refractivity contribution in [1.29, 1.82) is 0 Å². The summed E-state index contributed by atoms with van der Waals surface area (Å²) in [4.78, 5) is 32.3. The van der Waals surface area contributed by atoms with E-state index in [1.165, 1.54) is 11.1 Å². The maximum atomic E-state index is 13.4. The number of anilines is 1. The molecule has 0 spiro atoms. The quantitative estimate of drug-likeness (QED) is 0.388. The van der Waals surface area contributed by atoms with Crippen LogP contribution in [0.1, 0.15) is 96.3 Å². The number of carbonyl (C=O) groups is 2. The predicted octanol–water partition coefficient (Wildman–Crippen LogP) is 6.93. The lowest BCUT2D eigenvalue weighted by atomic mass is 9.90. The molecular weight excluding hydrogens is 504 g/mol. The van der Waals surface area contributed by atoms with Crippen molar-refractivity contribution in [1.82, 2.24) is 15.2 Å². The number of pyridine rings is 1. The van der Waals surface area contributed by atoms with Gasteiger partial charge in [-0.3, -0.25) is 0 Å². The van der Waals surface area contributed by atoms with Crippen molar-refractivity contribution >= 4 is 18.0 Å². The number of rotatable bonds is 7. The van der Waals surface area contributed by atoms with Gasteiger partial charge in [-0.15, -0.1) is 0 Å². The number of ether oxygens (including phenoxy) is 2. The number of aromatic nitrogens is 1. The summed E-state index contributed by atoms with van der Waals surface area (Å²) in [6.45, 7) is 14.1. The van der Waals surface area contributed by atoms with E-state index in [9.17, 15) is 9.59 Å². The Labute approximate surface area is 239 Å². The van der Waals surface area contributed by atoms with Crippen LogP contribution in [-0.4, -0.2) is 51.4 Å². The standard InChI is InChI=1S/C32H46N4O4/c1-21-9-8-10-22(17-21)19-33-28-16-11-23(20-34-28)26-18-27(26)36(30(38)40-32(5,6)7)25-14-12-24(13-15-25)35-29(37)39-31(2,3)4/h8-11,16-17,20,24-27H,12-15,18-19H2,1-7H3,(H,33,34)(H,35,37)/t24?,25?,26-,27+/m0/s1. The Kier molecular flexibility index (Phi) is 8.96. The minimum absolute atomic E-state index is 0.0469. The van der Waals surface area contributed by atoms with Crippen molar-refractivity contribution in [2.24, 2.45) is 0 Å². The molecule has 2 aliphatic rings. The van der Waals surface area contributed by atoms with Gasteiger partial charge in [0.1, 0.15) is 17.0 Å². The number of alkyl carbamates (subject to hydrolysis) is 1. The summed E-state index contributed by atoms with van der Waals surface area (Å²) in [5.41, 5.74) is 2.50. The van der Waals surface area contributed by atoms with E-state index >= 15 is 0 Å². The van der Waals surface area contributed by atoms with E-state index in [2.05, 4.69) is 52.9 Å². The Hall–Kier alpha value is -3.29. The first-order chi connectivity index (χ1) is 18.8. The zero-order chi connectivity index (χ0) is 29.1. The van der Waals surface area contributed by atoms with Crippen LogP contribution in [0, 0.1) is 6.92 Å². The van der Waals surface area contributed by atoms with E-state index in [1.807, 2.05) is 58.7 Å². The maximum absolute atomic E-state index is 13.4. The lowest BCUT2D eigenvalue weighted by molar-refractivity contribution is 0.00743. The van der Waals surface area contributed by atoms with Crippen LogP contribution in [0.4, 0.5) is 15.4 Å². The number of hydrogen-bond acceptors (Lipinski definition) is 6. The number of carbonyl (C=O) groups excluding carboxylic acids is 2. The zero-order valence-corrected chi connectivity index (χ0v) is 25.1. The topological polar surface area (TPSA) is 92.8 Å². The van der Waals surface area contributed by atoms with Crippen LogP contribution in [0.15, 0.2) is 42.6 Å². The highest BCUT2D eigenvalue weighted by atomic mass is 16.6. The predicted molar refractivity (Wildman–Crippen MR) is 157 cm³/mol. The fourth-order valence-corrected chi connectivity index (χ4v) is 5.43. The molecule has 2 N–H and O–H groups in total. The highest BCUT2D eigenvalue weighted by Gasteiger charge is 2.49. The average molecular weight is 551 g/mol. The van der Waals surface area contributed by atoms with Crippen LogP contribution in [0.5, 0.6) is 0 Å². The largest absolute Gasteiger partial charge is 0.444 e. The van der Waals surface area contributed by atoms with Gasteiger partial charge < -0.3 is 25.0 Å². The van der Waals surface area contributed by atoms with Crippen LogP contribution >= 0.6 is 0 Å². The van der Waals surface area contributed by atoms with E-state index in [0.717, 1.165) is 50.0 Å². The number of amides is 2. The molecule has 2 amide bonds. The van der Waals surface area contributed by atoms with Crippen molar-refractivity contribution in [3.8, 4) is 0 Å². The molecule has 1 heterocycles. The van der Waals surface area contributed by atoms with Crippen LogP contribution < -0.4 is 10.6 Å². The Morgan fingerprint density at radius 3 is 2.27 bits per heavy atom. The molecule has 0 bridgehead atoms. The van der Waals surface area contributed by atoms with Gasteiger partial charge in [0.05, 0.1) is 0 Å². The number of aryl methyl sites for hydroxylation is 1. The van der Waals surface area contributed by atoms with Crippen LogP contribution in [0.2, 0.25) is 0 Å². The fraction of sp³-hybridized carbons (Fsp3) is 0.594. The second-order valence-electron chi connectivity index (χ2n) is 13.3. The molecule has 218 valence electrons. The Morgan fingerprint density at radius 1 is 0.975 bits per heavy atom. The molecule has 2 saturated carbocycles. The van der Waals surface area contributed by atoms with Crippen molar-refractivity contribution < 1.29 is 19.1 Å². The van der Waals surface area contributed by atoms with Gasteiger partial charge in [0.15, 0.2) is 0 Å². The molecule has 0 unspecified atom stereocenters. The van der Waals surface area contributed by atoms with E-state index in [-0.39, 0.29) is 36.2 Å². The average Bonchev–Trinajstić information content (AvgIpc) is 3.62. The first kappa shape index (κ1) is 29.7. The first-order valence-corrected chi connectivity index (χ1v) is 14.5. The minimum Gasteiger partial charge on any atom is -0.444 e. The molecule has 8 heteroatoms. The van der Waals surface area contributed by atoms with Crippen LogP contribution in [0.3, 0.4) is 0 Å². The second kappa shape index (κ2) is 12.1. The summed E-state index contributed by atoms with van der Waals surface area (Å²) in [6.07, 6.45) is 5.39. The highest BCUT2D eigenvalue weighted by Crippen LogP contribution is 2.47. The van der Waals surface area contributed by atoms with Gasteiger partial charge in [0, 0.05) is 36.8 Å². The highest BCUT2D eigenvalue weighted by molar-refractivity contribution is 5.70. The molecule has 2 aromatic rings. The summed E-state index contributed by atoms with van der Waals surface area (Å²) >= 11 is 0. The second-order valence-corrected chi connectivity index (χ2v) is 13.3. The van der Waals surface area contributed by atoms with Gasteiger partial charge in [0.25, 0.3) is 0 Å². The van der Waals surface area contributed by atoms with Gasteiger partial charge in [-0.1, -0.05) is 35.9 Å². The Morgan fingerprint density at radius 2 is 1.68 bits per heavy atom. The number of nitrogens with zero attached hydrogens (tertiary/aromatic N) is 2. The third kappa shape index (κ3) is 8.60. The number of hydrogen-bond donors (Lipinski definition) is 2. The van der Waals surface area contributed by atoms with Gasteiger partial charge in [0.2, 0.25) is 0 Å². The molecule has 1 aromatic carbocycles. The maximum Gasteiger partial charge on any atom is 0.410 e. The summed E-state index contributed by atoms with van der Waals surface area (Å²) < 4.78 is 11.3. The van der Waals surface area contributed by atoms with E-state index in [4.69, 9.17) is 9.47 Å². The van der Waals surface area contributed by atoms with Crippen molar-refractivity contribution in [2.75, 3.05) is 5.32 Å². The monoisotopic (exact) mass is 550 g/mol. The molecule has 2 atom stereocenters. The van der Waals surface area contributed by atoms with E-state index in [1.54, 1.807) is 0 Å². The first-order valence-electron chi connectivity index (χ1n) is 14.5. The molecular formula is C32H46N4O4. The minimum atomic E-state index is -0.568. The third-order valence-electron chi connectivity index (χ3n) is 7.30. The third-order valence-corrected chi connectivity index (χ3v) is 7.30. The molecule has 40 heavy (non-hydrogen) atoms. The zero-order valence-electron chi connectivity index (χ0n) is 25.1. The van der Waals surface area contributed by atoms with Gasteiger partial charge >= 0.3 is 12.2 Å². The summed E-state index contributed by atoms with van der Waals surface area (Å²) in [7, 11) is 0. The molecule has 0 saturated heterocycles. The molecule has 0 radical (unpaired) electrons. The molecule has 2 fully saturated rings. The lowest BCUT2D eigenvalue weighted by Crippen LogP contribution is -2.49. The summed E-state index contributed by atoms with van der Waals surface area (Å²) in [5, 5.41) is 6.40. The lowest BCUT2D eigenvalue weighted by Gasteiger charge is -2.38. The van der Waals surface area contributed by atoms with E-state index in [0.29, 0.717) is 0 Å². The smallest absolute Gasteiger partial charge is 0.410 e. The van der Waals surface area contributed by atoms with Crippen LogP contribution in [-0.2, 0) is 16.0 Å². The molecule has 2 aliphatic carbocycles. The fourth-order valence-electron chi connectivity index (χ4n) is 5.43. The molecule has 0 aliphatic heterocycles. The number of nitrogens with one attached hydrogen (secondary N) is 2. The molecule has 4 rings (SSSR count). The van der Waals surface area contributed by atoms with E-state index < -0.39 is 11.2 Å². The Balaban J connectivity index is 1.36.